The SMILES string of the molecule is O=C(CCn1c(C(F)(F)F)nc2cc(S(=O)(=O)N3CCCC3)ccc21)NC[C@H]1CCCO1. The fourth-order valence-electron chi connectivity index (χ4n) is 4.13. The Morgan fingerprint density at radius 2 is 1.97 bits per heavy atom. The first-order valence-electron chi connectivity index (χ1n) is 10.6. The standard InChI is InChI=1S/C20H25F3N4O4S/c21-20(22,23)19-25-16-12-15(32(29,30)26-8-1-2-9-26)5-6-17(16)27(19)10-7-18(28)24-13-14-4-3-11-31-14/h5-6,12,14H,1-4,7-11,13H2,(H,24,28)/t14-/m1/s1. The molecule has 0 spiro atoms. The Hall–Kier alpha value is -2.18. The van der Waals surface area contributed by atoms with Crippen LogP contribution in [0.1, 0.15) is 37.9 Å². The second-order valence-electron chi connectivity index (χ2n) is 8.04. The van der Waals surface area contributed by atoms with Gasteiger partial charge in [0.25, 0.3) is 0 Å². The van der Waals surface area contributed by atoms with E-state index in [-0.39, 0.29) is 40.9 Å². The van der Waals surface area contributed by atoms with E-state index in [0.717, 1.165) is 30.3 Å². The molecule has 8 nitrogen and oxygen atoms in total. The Balaban J connectivity index is 1.56. The Bertz CT molecular complexity index is 1090. The number of aromatic nitrogens is 2. The molecule has 1 N–H and O–H groups in total. The number of carbonyl (C=O) groups is 1. The highest BCUT2D eigenvalue weighted by atomic mass is 32.2. The molecule has 0 radical (unpaired) electrons. The highest BCUT2D eigenvalue weighted by molar-refractivity contribution is 7.89. The summed E-state index contributed by atoms with van der Waals surface area (Å²) in [6, 6.07) is 3.79. The monoisotopic (exact) mass is 474 g/mol. The Morgan fingerprint density at radius 3 is 2.62 bits per heavy atom. The number of rotatable bonds is 7. The fraction of sp³-hybridized carbons (Fsp3) is 0.600. The molecule has 1 atom stereocenters. The molecule has 2 aliphatic heterocycles. The molecule has 3 heterocycles. The van der Waals surface area contributed by atoms with Gasteiger partial charge in [-0.2, -0.15) is 17.5 Å². The van der Waals surface area contributed by atoms with Gasteiger partial charge in [-0.05, 0) is 43.9 Å². The lowest BCUT2D eigenvalue weighted by molar-refractivity contribution is -0.147. The van der Waals surface area contributed by atoms with E-state index < -0.39 is 22.0 Å². The molecular weight excluding hydrogens is 449 g/mol. The second kappa shape index (κ2) is 8.99. The number of aryl methyl sites for hydroxylation is 1. The topological polar surface area (TPSA) is 93.5 Å². The van der Waals surface area contributed by atoms with Gasteiger partial charge in [-0.1, -0.05) is 0 Å². The molecule has 1 amide bonds. The zero-order chi connectivity index (χ0) is 22.9. The molecule has 12 heteroatoms. The predicted octanol–water partition coefficient (Wildman–Crippen LogP) is 2.52. The zero-order valence-electron chi connectivity index (χ0n) is 17.4. The van der Waals surface area contributed by atoms with Crippen molar-refractivity contribution in [3.05, 3.63) is 24.0 Å². The number of carbonyl (C=O) groups excluding carboxylic acids is 1. The lowest BCUT2D eigenvalue weighted by Gasteiger charge is -2.15. The van der Waals surface area contributed by atoms with Crippen molar-refractivity contribution in [2.24, 2.45) is 0 Å². The third-order valence-electron chi connectivity index (χ3n) is 5.79. The first kappa shape index (κ1) is 23.0. The minimum Gasteiger partial charge on any atom is -0.376 e. The van der Waals surface area contributed by atoms with Gasteiger partial charge in [0, 0.05) is 39.2 Å². The summed E-state index contributed by atoms with van der Waals surface area (Å²) in [5.41, 5.74) is 0.0574. The van der Waals surface area contributed by atoms with Gasteiger partial charge in [-0.3, -0.25) is 4.79 Å². The van der Waals surface area contributed by atoms with Gasteiger partial charge in [0.05, 0.1) is 22.0 Å². The molecule has 0 aliphatic carbocycles. The van der Waals surface area contributed by atoms with E-state index in [1.807, 2.05) is 0 Å². The van der Waals surface area contributed by atoms with Crippen LogP contribution in [0.3, 0.4) is 0 Å². The Kier molecular flexibility index (Phi) is 6.46. The highest BCUT2D eigenvalue weighted by Gasteiger charge is 2.38. The van der Waals surface area contributed by atoms with Gasteiger partial charge in [0.1, 0.15) is 0 Å². The molecule has 32 heavy (non-hydrogen) atoms. The van der Waals surface area contributed by atoms with Crippen LogP contribution in [0.15, 0.2) is 23.1 Å². The predicted molar refractivity (Wildman–Crippen MR) is 109 cm³/mol. The van der Waals surface area contributed by atoms with E-state index in [0.29, 0.717) is 26.2 Å². The fourth-order valence-corrected chi connectivity index (χ4v) is 5.66. The van der Waals surface area contributed by atoms with Crippen LogP contribution in [0.4, 0.5) is 13.2 Å². The largest absolute Gasteiger partial charge is 0.449 e. The van der Waals surface area contributed by atoms with Crippen molar-refractivity contribution in [3.8, 4) is 0 Å². The van der Waals surface area contributed by atoms with Gasteiger partial charge in [-0.25, -0.2) is 13.4 Å². The minimum atomic E-state index is -4.75. The summed E-state index contributed by atoms with van der Waals surface area (Å²) in [6.07, 6.45) is -1.71. The van der Waals surface area contributed by atoms with Crippen LogP contribution in [0.5, 0.6) is 0 Å². The van der Waals surface area contributed by atoms with Crippen LogP contribution in [0.2, 0.25) is 0 Å². The normalized spacial score (nSPS) is 20.3. The van der Waals surface area contributed by atoms with Crippen molar-refractivity contribution in [1.29, 1.82) is 0 Å². The molecule has 1 aromatic carbocycles. The lowest BCUT2D eigenvalue weighted by atomic mass is 10.2. The van der Waals surface area contributed by atoms with Crippen LogP contribution < -0.4 is 5.32 Å². The Morgan fingerprint density at radius 1 is 1.22 bits per heavy atom. The van der Waals surface area contributed by atoms with Crippen LogP contribution in [0.25, 0.3) is 11.0 Å². The third-order valence-corrected chi connectivity index (χ3v) is 7.68. The van der Waals surface area contributed by atoms with E-state index in [1.165, 1.54) is 22.5 Å². The third kappa shape index (κ3) is 4.76. The van der Waals surface area contributed by atoms with Crippen LogP contribution >= 0.6 is 0 Å². The van der Waals surface area contributed by atoms with Crippen molar-refractivity contribution in [2.75, 3.05) is 26.2 Å². The lowest BCUT2D eigenvalue weighted by Crippen LogP contribution is -2.32. The van der Waals surface area contributed by atoms with Crippen LogP contribution in [0, 0.1) is 0 Å². The first-order valence-corrected chi connectivity index (χ1v) is 12.1. The number of sulfonamides is 1. The van der Waals surface area contributed by atoms with E-state index >= 15 is 0 Å². The maximum Gasteiger partial charge on any atom is 0.449 e. The molecule has 0 bridgehead atoms. The number of ether oxygens (including phenoxy) is 1. The maximum atomic E-state index is 13.6. The molecule has 2 fully saturated rings. The van der Waals surface area contributed by atoms with Gasteiger partial charge in [0.2, 0.25) is 21.8 Å². The number of fused-ring (bicyclic) bond motifs is 1. The molecule has 2 aromatic rings. The highest BCUT2D eigenvalue weighted by Crippen LogP contribution is 2.33. The summed E-state index contributed by atoms with van der Waals surface area (Å²) in [4.78, 5) is 15.7. The average Bonchev–Trinajstić information content (AvgIpc) is 3.50. The van der Waals surface area contributed by atoms with Crippen LogP contribution in [-0.4, -0.2) is 60.5 Å². The smallest absolute Gasteiger partial charge is 0.376 e. The zero-order valence-corrected chi connectivity index (χ0v) is 18.2. The quantitative estimate of drug-likeness (QED) is 0.666. The summed E-state index contributed by atoms with van der Waals surface area (Å²) in [7, 11) is -3.78. The van der Waals surface area contributed by atoms with Crippen molar-refractivity contribution in [3.63, 3.8) is 0 Å². The van der Waals surface area contributed by atoms with Crippen LogP contribution in [-0.2, 0) is 32.3 Å². The number of benzene rings is 1. The van der Waals surface area contributed by atoms with E-state index in [9.17, 15) is 26.4 Å². The number of imidazole rings is 1. The summed E-state index contributed by atoms with van der Waals surface area (Å²) < 4.78 is 74.1. The number of nitrogens with one attached hydrogen (secondary N) is 1. The van der Waals surface area contributed by atoms with Gasteiger partial charge >= 0.3 is 6.18 Å². The molecule has 2 aliphatic rings. The van der Waals surface area contributed by atoms with Gasteiger partial charge < -0.3 is 14.6 Å². The molecular formula is C20H25F3N4O4S. The Labute approximate surface area is 183 Å². The van der Waals surface area contributed by atoms with E-state index in [1.54, 1.807) is 0 Å². The average molecular weight is 475 g/mol. The molecule has 1 aromatic heterocycles. The molecule has 0 unspecified atom stereocenters. The van der Waals surface area contributed by atoms with Gasteiger partial charge in [0.15, 0.2) is 0 Å². The summed E-state index contributed by atoms with van der Waals surface area (Å²) in [5.74, 6) is -1.54. The number of halogens is 3. The summed E-state index contributed by atoms with van der Waals surface area (Å²) >= 11 is 0. The molecule has 176 valence electrons. The van der Waals surface area contributed by atoms with Gasteiger partial charge in [-0.15, -0.1) is 0 Å². The minimum absolute atomic E-state index is 0.0604. The number of hydrogen-bond donors (Lipinski definition) is 1. The van der Waals surface area contributed by atoms with Crippen molar-refractivity contribution >= 4 is 27.0 Å². The molecule has 0 saturated carbocycles. The number of hydrogen-bond acceptors (Lipinski definition) is 5. The molecule has 4 rings (SSSR count). The number of alkyl halides is 3. The first-order chi connectivity index (χ1) is 15.2. The number of amides is 1. The second-order valence-corrected chi connectivity index (χ2v) is 9.97. The van der Waals surface area contributed by atoms with Crippen molar-refractivity contribution < 1.29 is 31.1 Å². The summed E-state index contributed by atoms with van der Waals surface area (Å²) in [5, 5.41) is 2.69. The maximum absolute atomic E-state index is 13.6. The summed E-state index contributed by atoms with van der Waals surface area (Å²) in [6.45, 7) is 1.52. The molecule has 2 saturated heterocycles. The van der Waals surface area contributed by atoms with E-state index in [4.69, 9.17) is 4.74 Å². The number of nitrogens with zero attached hydrogens (tertiary/aromatic N) is 3. The van der Waals surface area contributed by atoms with Crippen molar-refractivity contribution in [1.82, 2.24) is 19.2 Å². The van der Waals surface area contributed by atoms with Crippen molar-refractivity contribution in [2.45, 2.75) is 55.8 Å². The van der Waals surface area contributed by atoms with E-state index in [2.05, 4.69) is 10.3 Å².